The molecule has 5 rings (SSSR count). The quantitative estimate of drug-likeness (QED) is 0.452. The summed E-state index contributed by atoms with van der Waals surface area (Å²) in [6.07, 6.45) is -2.32. The number of ketones is 1. The summed E-state index contributed by atoms with van der Waals surface area (Å²) in [5.41, 5.74) is 3.07. The SMILES string of the molecule is Cc1ccc(CC(=O)C2(c3ccc4c(c3)OC(F)(F)O4)CC2)cc1-c1cc(Cl)cc(C(=O)O)c1. The van der Waals surface area contributed by atoms with Gasteiger partial charge in [0.05, 0.1) is 11.0 Å². The molecule has 0 radical (unpaired) electrons. The molecule has 0 saturated heterocycles. The number of aromatic carboxylic acids is 1. The maximum Gasteiger partial charge on any atom is 0.586 e. The number of benzene rings is 3. The molecule has 2 aliphatic rings. The topological polar surface area (TPSA) is 72.8 Å². The third-order valence-electron chi connectivity index (χ3n) is 6.36. The molecule has 3 aromatic rings. The van der Waals surface area contributed by atoms with E-state index < -0.39 is 17.7 Å². The van der Waals surface area contributed by atoms with Gasteiger partial charge in [-0.25, -0.2) is 4.79 Å². The van der Waals surface area contributed by atoms with Crippen LogP contribution in [0.4, 0.5) is 8.78 Å². The Balaban J connectivity index is 1.42. The number of carbonyl (C=O) groups excluding carboxylic acids is 1. The van der Waals surface area contributed by atoms with Gasteiger partial charge < -0.3 is 14.6 Å². The van der Waals surface area contributed by atoms with Crippen molar-refractivity contribution in [3.63, 3.8) is 0 Å². The van der Waals surface area contributed by atoms with Crippen LogP contribution in [0.3, 0.4) is 0 Å². The minimum absolute atomic E-state index is 0.0229. The van der Waals surface area contributed by atoms with Crippen LogP contribution in [0, 0.1) is 6.92 Å². The zero-order chi connectivity index (χ0) is 24.3. The molecule has 0 atom stereocenters. The lowest BCUT2D eigenvalue weighted by molar-refractivity contribution is -0.286. The van der Waals surface area contributed by atoms with Crippen molar-refractivity contribution < 1.29 is 33.0 Å². The van der Waals surface area contributed by atoms with Gasteiger partial charge in [-0.1, -0.05) is 35.9 Å². The minimum Gasteiger partial charge on any atom is -0.478 e. The van der Waals surface area contributed by atoms with E-state index in [1.54, 1.807) is 18.2 Å². The van der Waals surface area contributed by atoms with E-state index in [0.29, 0.717) is 29.0 Å². The smallest absolute Gasteiger partial charge is 0.478 e. The summed E-state index contributed by atoms with van der Waals surface area (Å²) >= 11 is 6.13. The molecule has 34 heavy (non-hydrogen) atoms. The van der Waals surface area contributed by atoms with Crippen LogP contribution in [0.2, 0.25) is 5.02 Å². The van der Waals surface area contributed by atoms with Crippen molar-refractivity contribution in [1.82, 2.24) is 0 Å². The van der Waals surface area contributed by atoms with Crippen LogP contribution in [0.1, 0.15) is 39.9 Å². The van der Waals surface area contributed by atoms with Crippen molar-refractivity contribution in [3.8, 4) is 22.6 Å². The Morgan fingerprint density at radius 3 is 2.44 bits per heavy atom. The summed E-state index contributed by atoms with van der Waals surface area (Å²) in [5.74, 6) is -1.23. The summed E-state index contributed by atoms with van der Waals surface area (Å²) in [4.78, 5) is 24.8. The molecule has 0 aromatic heterocycles. The number of rotatable bonds is 6. The van der Waals surface area contributed by atoms with Crippen molar-refractivity contribution in [2.24, 2.45) is 0 Å². The number of ether oxygens (including phenoxy) is 2. The van der Waals surface area contributed by atoms with Gasteiger partial charge in [0.15, 0.2) is 11.5 Å². The molecular formula is C26H19ClF2O5. The Morgan fingerprint density at radius 1 is 1.00 bits per heavy atom. The monoisotopic (exact) mass is 484 g/mol. The van der Waals surface area contributed by atoms with Crippen molar-refractivity contribution in [2.75, 3.05) is 0 Å². The molecule has 1 heterocycles. The molecule has 0 spiro atoms. The Bertz CT molecular complexity index is 1350. The van der Waals surface area contributed by atoms with Crippen LogP contribution in [0.5, 0.6) is 11.5 Å². The molecule has 1 aliphatic heterocycles. The Labute approximate surface area is 198 Å². The fraction of sp³-hybridized carbons (Fsp3) is 0.231. The standard InChI is InChI=1S/C26H19ClF2O5/c1-14-2-3-15(8-20(14)16-10-17(24(31)32)12-19(27)11-16)9-23(30)25(6-7-25)18-4-5-21-22(13-18)34-26(28,29)33-21/h2-5,8,10-13H,6-7,9H2,1H3,(H,31,32). The van der Waals surface area contributed by atoms with Crippen LogP contribution in [0.15, 0.2) is 54.6 Å². The second kappa shape index (κ2) is 7.81. The predicted molar refractivity (Wildman–Crippen MR) is 121 cm³/mol. The molecule has 0 unspecified atom stereocenters. The van der Waals surface area contributed by atoms with E-state index in [1.807, 2.05) is 25.1 Å². The van der Waals surface area contributed by atoms with E-state index in [9.17, 15) is 23.5 Å². The average Bonchev–Trinajstić information content (AvgIpc) is 3.51. The van der Waals surface area contributed by atoms with Crippen LogP contribution < -0.4 is 9.47 Å². The molecule has 5 nitrogen and oxygen atoms in total. The van der Waals surface area contributed by atoms with Gasteiger partial charge in [0.2, 0.25) is 0 Å². The molecule has 1 fully saturated rings. The van der Waals surface area contributed by atoms with E-state index in [4.69, 9.17) is 11.6 Å². The molecule has 3 aromatic carbocycles. The molecule has 1 N–H and O–H groups in total. The zero-order valence-corrected chi connectivity index (χ0v) is 18.8. The largest absolute Gasteiger partial charge is 0.586 e. The first-order valence-corrected chi connectivity index (χ1v) is 11.0. The van der Waals surface area contributed by atoms with Gasteiger partial charge in [-0.05, 0) is 77.9 Å². The maximum absolute atomic E-state index is 13.4. The van der Waals surface area contributed by atoms with Gasteiger partial charge >= 0.3 is 12.3 Å². The predicted octanol–water partition coefficient (Wildman–Crippen LogP) is 6.18. The second-order valence-electron chi connectivity index (χ2n) is 8.69. The third-order valence-corrected chi connectivity index (χ3v) is 6.58. The molecule has 0 bridgehead atoms. The summed E-state index contributed by atoms with van der Waals surface area (Å²) in [7, 11) is 0. The molecule has 1 saturated carbocycles. The highest BCUT2D eigenvalue weighted by atomic mass is 35.5. The number of carboxylic acids is 1. The first kappa shape index (κ1) is 22.3. The minimum atomic E-state index is -3.71. The van der Waals surface area contributed by atoms with Crippen LogP contribution in [-0.4, -0.2) is 23.2 Å². The van der Waals surface area contributed by atoms with Gasteiger partial charge in [0.1, 0.15) is 5.78 Å². The number of aryl methyl sites for hydroxylation is 1. The van der Waals surface area contributed by atoms with Crippen molar-refractivity contribution in [2.45, 2.75) is 37.9 Å². The van der Waals surface area contributed by atoms with Gasteiger partial charge in [-0.15, -0.1) is 8.78 Å². The van der Waals surface area contributed by atoms with Crippen LogP contribution >= 0.6 is 11.6 Å². The number of hydrogen-bond donors (Lipinski definition) is 1. The normalized spacial score (nSPS) is 16.8. The zero-order valence-electron chi connectivity index (χ0n) is 18.0. The third kappa shape index (κ3) is 4.01. The molecule has 8 heteroatoms. The molecule has 0 amide bonds. The van der Waals surface area contributed by atoms with Crippen molar-refractivity contribution >= 4 is 23.4 Å². The average molecular weight is 485 g/mol. The highest BCUT2D eigenvalue weighted by molar-refractivity contribution is 6.31. The van der Waals surface area contributed by atoms with Gasteiger partial charge in [-0.3, -0.25) is 4.79 Å². The Hall–Kier alpha value is -3.45. The fourth-order valence-electron chi connectivity index (χ4n) is 4.41. The number of fused-ring (bicyclic) bond motifs is 1. The summed E-state index contributed by atoms with van der Waals surface area (Å²) in [6, 6.07) is 14.7. The fourth-order valence-corrected chi connectivity index (χ4v) is 4.65. The number of alkyl halides is 2. The van der Waals surface area contributed by atoms with E-state index in [-0.39, 0.29) is 29.3 Å². The van der Waals surface area contributed by atoms with Crippen LogP contribution in [0.25, 0.3) is 11.1 Å². The number of Topliss-reactive ketones (excluding diaryl/α,β-unsaturated/α-hetero) is 1. The van der Waals surface area contributed by atoms with Gasteiger partial charge in [-0.2, -0.15) is 0 Å². The van der Waals surface area contributed by atoms with E-state index in [0.717, 1.165) is 16.7 Å². The molecule has 174 valence electrons. The van der Waals surface area contributed by atoms with Crippen molar-refractivity contribution in [3.05, 3.63) is 81.9 Å². The summed E-state index contributed by atoms with van der Waals surface area (Å²) < 4.78 is 35.8. The molecule has 1 aliphatic carbocycles. The number of hydrogen-bond acceptors (Lipinski definition) is 4. The lowest BCUT2D eigenvalue weighted by Crippen LogP contribution is -2.26. The second-order valence-corrected chi connectivity index (χ2v) is 9.13. The first-order chi connectivity index (χ1) is 16.1. The Kier molecular flexibility index (Phi) is 5.13. The highest BCUT2D eigenvalue weighted by Gasteiger charge is 2.52. The number of carboxylic acid groups (broad SMARTS) is 1. The van der Waals surface area contributed by atoms with Gasteiger partial charge in [0.25, 0.3) is 0 Å². The van der Waals surface area contributed by atoms with E-state index >= 15 is 0 Å². The van der Waals surface area contributed by atoms with Crippen molar-refractivity contribution in [1.29, 1.82) is 0 Å². The lowest BCUT2D eigenvalue weighted by Gasteiger charge is -2.16. The lowest BCUT2D eigenvalue weighted by atomic mass is 9.86. The number of carbonyl (C=O) groups is 2. The maximum atomic E-state index is 13.4. The Morgan fingerprint density at radius 2 is 1.74 bits per heavy atom. The molecular weight excluding hydrogens is 466 g/mol. The van der Waals surface area contributed by atoms with Gasteiger partial charge in [0, 0.05) is 11.4 Å². The van der Waals surface area contributed by atoms with E-state index in [2.05, 4.69) is 9.47 Å². The number of halogens is 3. The van der Waals surface area contributed by atoms with E-state index in [1.165, 1.54) is 18.2 Å². The van der Waals surface area contributed by atoms with Crippen LogP contribution in [-0.2, 0) is 16.6 Å². The summed E-state index contributed by atoms with van der Waals surface area (Å²) in [5, 5.41) is 9.66. The summed E-state index contributed by atoms with van der Waals surface area (Å²) in [6.45, 7) is 1.90. The highest BCUT2D eigenvalue weighted by Crippen LogP contribution is 2.52. The first-order valence-electron chi connectivity index (χ1n) is 10.6.